The number of nitrogens with one attached hydrogen (secondary N) is 1. The van der Waals surface area contributed by atoms with E-state index >= 15 is 0 Å². The Bertz CT molecular complexity index is 1040. The van der Waals surface area contributed by atoms with Gasteiger partial charge in [-0.05, 0) is 42.3 Å². The van der Waals surface area contributed by atoms with Crippen molar-refractivity contribution in [3.63, 3.8) is 0 Å². The van der Waals surface area contributed by atoms with Gasteiger partial charge in [0.2, 0.25) is 6.79 Å². The number of carbonyl (C=O) groups excluding carboxylic acids is 2. The molecule has 29 heavy (non-hydrogen) atoms. The predicted octanol–water partition coefficient (Wildman–Crippen LogP) is 3.35. The number of fused-ring (bicyclic) bond motifs is 1. The maximum Gasteiger partial charge on any atom is 0.266 e. The third-order valence-electron chi connectivity index (χ3n) is 4.58. The minimum absolute atomic E-state index is 0.163. The Kier molecular flexibility index (Phi) is 5.55. The molecule has 0 aromatic heterocycles. The lowest BCUT2D eigenvalue weighted by molar-refractivity contribution is -0.122. The topological polar surface area (TPSA) is 67.9 Å². The van der Waals surface area contributed by atoms with Gasteiger partial charge >= 0.3 is 0 Å². The number of benzene rings is 2. The maximum absolute atomic E-state index is 12.7. The van der Waals surface area contributed by atoms with Crippen LogP contribution in [0.5, 0.6) is 11.5 Å². The van der Waals surface area contributed by atoms with Gasteiger partial charge in [-0.25, -0.2) is 0 Å². The number of hydrogen-bond donors (Lipinski definition) is 1. The highest BCUT2D eigenvalue weighted by atomic mass is 32.2. The van der Waals surface area contributed by atoms with E-state index in [1.807, 2.05) is 43.3 Å². The third kappa shape index (κ3) is 4.13. The van der Waals surface area contributed by atoms with E-state index in [1.54, 1.807) is 12.1 Å². The SMILES string of the molecule is Cc1ccccc1C(=O)NCCN1C(=O)/C(=C/c2ccc3c(c2)OCO3)SC1=S. The summed E-state index contributed by atoms with van der Waals surface area (Å²) in [5.74, 6) is 1.03. The van der Waals surface area contributed by atoms with E-state index in [0.717, 1.165) is 11.1 Å². The molecule has 0 saturated carbocycles. The number of carbonyl (C=O) groups is 2. The zero-order chi connectivity index (χ0) is 20.4. The molecular weight excluding hydrogens is 408 g/mol. The van der Waals surface area contributed by atoms with E-state index in [4.69, 9.17) is 21.7 Å². The molecule has 0 radical (unpaired) electrons. The van der Waals surface area contributed by atoms with Crippen LogP contribution in [0.15, 0.2) is 47.4 Å². The van der Waals surface area contributed by atoms with Crippen LogP contribution in [-0.4, -0.2) is 40.9 Å². The van der Waals surface area contributed by atoms with Crippen LogP contribution in [0.2, 0.25) is 0 Å². The van der Waals surface area contributed by atoms with Gasteiger partial charge < -0.3 is 14.8 Å². The lowest BCUT2D eigenvalue weighted by Crippen LogP contribution is -2.37. The zero-order valence-corrected chi connectivity index (χ0v) is 17.3. The van der Waals surface area contributed by atoms with Crippen molar-refractivity contribution in [2.45, 2.75) is 6.92 Å². The quantitative estimate of drug-likeness (QED) is 0.584. The highest BCUT2D eigenvalue weighted by Crippen LogP contribution is 2.36. The molecule has 1 fully saturated rings. The Labute approximate surface area is 177 Å². The number of nitrogens with zero attached hydrogens (tertiary/aromatic N) is 1. The monoisotopic (exact) mass is 426 g/mol. The molecule has 0 bridgehead atoms. The summed E-state index contributed by atoms with van der Waals surface area (Å²) in [5.41, 5.74) is 2.37. The molecule has 0 unspecified atom stereocenters. The van der Waals surface area contributed by atoms with Gasteiger partial charge in [0.05, 0.1) is 4.91 Å². The van der Waals surface area contributed by atoms with Crippen molar-refractivity contribution in [1.29, 1.82) is 0 Å². The summed E-state index contributed by atoms with van der Waals surface area (Å²) in [5, 5.41) is 2.85. The van der Waals surface area contributed by atoms with Crippen molar-refractivity contribution in [2.75, 3.05) is 19.9 Å². The number of thiocarbonyl (C=S) groups is 1. The molecule has 8 heteroatoms. The Balaban J connectivity index is 1.38. The minimum atomic E-state index is -0.164. The highest BCUT2D eigenvalue weighted by Gasteiger charge is 2.31. The molecule has 1 saturated heterocycles. The molecule has 148 valence electrons. The molecular formula is C21H18N2O4S2. The first-order chi connectivity index (χ1) is 14.0. The first kappa shape index (κ1) is 19.5. The molecule has 2 aromatic carbocycles. The smallest absolute Gasteiger partial charge is 0.266 e. The van der Waals surface area contributed by atoms with Crippen molar-refractivity contribution < 1.29 is 19.1 Å². The minimum Gasteiger partial charge on any atom is -0.454 e. The fraction of sp³-hybridized carbons (Fsp3) is 0.190. The van der Waals surface area contributed by atoms with Gasteiger partial charge in [0.25, 0.3) is 11.8 Å². The maximum atomic E-state index is 12.7. The van der Waals surface area contributed by atoms with Crippen LogP contribution in [0.4, 0.5) is 0 Å². The molecule has 0 atom stereocenters. The number of hydrogen-bond acceptors (Lipinski definition) is 6. The molecule has 2 aliphatic heterocycles. The average Bonchev–Trinajstić information content (AvgIpc) is 3.27. The summed E-state index contributed by atoms with van der Waals surface area (Å²) < 4.78 is 11.2. The second-order valence-electron chi connectivity index (χ2n) is 6.52. The van der Waals surface area contributed by atoms with Crippen LogP contribution in [0, 0.1) is 6.92 Å². The molecule has 0 aliphatic carbocycles. The molecule has 4 rings (SSSR count). The molecule has 2 aliphatic rings. The van der Waals surface area contributed by atoms with Gasteiger partial charge in [0, 0.05) is 18.7 Å². The second-order valence-corrected chi connectivity index (χ2v) is 8.19. The standard InChI is InChI=1S/C21H18N2O4S2/c1-13-4-2-3-5-15(13)19(24)22-8-9-23-20(25)18(29-21(23)28)11-14-6-7-16-17(10-14)27-12-26-16/h2-7,10-11H,8-9,12H2,1H3,(H,22,24)/b18-11-. The van der Waals surface area contributed by atoms with Gasteiger partial charge in [-0.15, -0.1) is 0 Å². The van der Waals surface area contributed by atoms with Gasteiger partial charge in [-0.1, -0.05) is 48.2 Å². The molecule has 2 heterocycles. The highest BCUT2D eigenvalue weighted by molar-refractivity contribution is 8.26. The van der Waals surface area contributed by atoms with E-state index in [9.17, 15) is 9.59 Å². The van der Waals surface area contributed by atoms with Crippen molar-refractivity contribution in [2.24, 2.45) is 0 Å². The number of thioether (sulfide) groups is 1. The van der Waals surface area contributed by atoms with Crippen LogP contribution in [-0.2, 0) is 4.79 Å². The molecule has 1 N–H and O–H groups in total. The molecule has 6 nitrogen and oxygen atoms in total. The van der Waals surface area contributed by atoms with E-state index in [2.05, 4.69) is 5.32 Å². The van der Waals surface area contributed by atoms with E-state index in [1.165, 1.54) is 16.7 Å². The van der Waals surface area contributed by atoms with Gasteiger partial charge in [-0.3, -0.25) is 14.5 Å². The number of rotatable bonds is 5. The molecule has 0 spiro atoms. The third-order valence-corrected chi connectivity index (χ3v) is 5.96. The van der Waals surface area contributed by atoms with Crippen LogP contribution in [0.3, 0.4) is 0 Å². The second kappa shape index (κ2) is 8.26. The summed E-state index contributed by atoms with van der Waals surface area (Å²) in [6.45, 7) is 2.73. The fourth-order valence-corrected chi connectivity index (χ4v) is 4.36. The Morgan fingerprint density at radius 1 is 1.24 bits per heavy atom. The van der Waals surface area contributed by atoms with Crippen LogP contribution in [0.1, 0.15) is 21.5 Å². The normalized spacial score (nSPS) is 16.6. The first-order valence-electron chi connectivity index (χ1n) is 9.02. The summed E-state index contributed by atoms with van der Waals surface area (Å²) in [7, 11) is 0. The van der Waals surface area contributed by atoms with Crippen molar-refractivity contribution in [3.8, 4) is 11.5 Å². The van der Waals surface area contributed by atoms with Crippen LogP contribution >= 0.6 is 24.0 Å². The largest absolute Gasteiger partial charge is 0.454 e. The lowest BCUT2D eigenvalue weighted by Gasteiger charge is -2.15. The Morgan fingerprint density at radius 3 is 2.86 bits per heavy atom. The summed E-state index contributed by atoms with van der Waals surface area (Å²) >= 11 is 6.61. The summed E-state index contributed by atoms with van der Waals surface area (Å²) in [6.07, 6.45) is 1.78. The van der Waals surface area contributed by atoms with Gasteiger partial charge in [0.15, 0.2) is 11.5 Å². The predicted molar refractivity (Wildman–Crippen MR) is 116 cm³/mol. The molecule has 2 amide bonds. The van der Waals surface area contributed by atoms with Gasteiger partial charge in [-0.2, -0.15) is 0 Å². The summed E-state index contributed by atoms with van der Waals surface area (Å²) in [4.78, 5) is 27.1. The fourth-order valence-electron chi connectivity index (χ4n) is 3.05. The first-order valence-corrected chi connectivity index (χ1v) is 10.2. The van der Waals surface area contributed by atoms with Crippen LogP contribution in [0.25, 0.3) is 6.08 Å². The van der Waals surface area contributed by atoms with E-state index in [0.29, 0.717) is 39.4 Å². The lowest BCUT2D eigenvalue weighted by atomic mass is 10.1. The number of ether oxygens (including phenoxy) is 2. The Morgan fingerprint density at radius 2 is 2.03 bits per heavy atom. The van der Waals surface area contributed by atoms with Crippen molar-refractivity contribution >= 4 is 46.2 Å². The number of aryl methyl sites for hydroxylation is 1. The van der Waals surface area contributed by atoms with Gasteiger partial charge in [0.1, 0.15) is 4.32 Å². The number of amides is 2. The van der Waals surface area contributed by atoms with Crippen LogP contribution < -0.4 is 14.8 Å². The van der Waals surface area contributed by atoms with Crippen molar-refractivity contribution in [1.82, 2.24) is 10.2 Å². The zero-order valence-electron chi connectivity index (χ0n) is 15.6. The van der Waals surface area contributed by atoms with Crippen molar-refractivity contribution in [3.05, 3.63) is 64.1 Å². The molecule has 2 aromatic rings. The summed E-state index contributed by atoms with van der Waals surface area (Å²) in [6, 6.07) is 12.9. The average molecular weight is 427 g/mol. The Hall–Kier alpha value is -2.84. The van der Waals surface area contributed by atoms with E-state index in [-0.39, 0.29) is 18.6 Å². The van der Waals surface area contributed by atoms with E-state index < -0.39 is 0 Å².